The Balaban J connectivity index is 0.000000138. The highest BCUT2D eigenvalue weighted by Gasteiger charge is 2.45. The van der Waals surface area contributed by atoms with Gasteiger partial charge in [0.25, 0.3) is 0 Å². The van der Waals surface area contributed by atoms with Gasteiger partial charge in [-0.05, 0) is 254 Å². The first-order valence-electron chi connectivity index (χ1n) is 38.3. The highest BCUT2D eigenvalue weighted by atomic mass is 16.5. The van der Waals surface area contributed by atoms with Crippen molar-refractivity contribution in [1.29, 1.82) is 0 Å². The zero-order valence-corrected chi connectivity index (χ0v) is 62.7. The summed E-state index contributed by atoms with van der Waals surface area (Å²) in [5.41, 5.74) is 32.9. The van der Waals surface area contributed by atoms with Crippen LogP contribution in [0.4, 0.5) is 68.2 Å². The lowest BCUT2D eigenvalue weighted by atomic mass is 9.71. The SMILES string of the molecule is CC1(C)c2ccccc2-c2cc3c(cc21)N(c1ccc2c(ccc4cc(N5c6ccccc6Oc6ccccc65)ccc42)c1)c1ccccc1C3(C)C.CC1(C)c2ccccc2-c2cc3c(cc21)N(c1ccc2cc4cc(N5c6ccccc6C(C)(C)c6ccccc65)ccc4cc2c1)c1ccccc1C3(C)C. The van der Waals surface area contributed by atoms with Gasteiger partial charge >= 0.3 is 0 Å². The van der Waals surface area contributed by atoms with Crippen molar-refractivity contribution < 1.29 is 4.74 Å². The summed E-state index contributed by atoms with van der Waals surface area (Å²) in [6, 6.07) is 117. The molecule has 5 heteroatoms. The third-order valence-corrected chi connectivity index (χ3v) is 25.5. The van der Waals surface area contributed by atoms with Crippen LogP contribution in [0.1, 0.15) is 125 Å². The molecule has 0 amide bonds. The highest BCUT2D eigenvalue weighted by Crippen LogP contribution is 2.61. The summed E-state index contributed by atoms with van der Waals surface area (Å²) >= 11 is 0. The molecule has 4 heterocycles. The van der Waals surface area contributed by atoms with Gasteiger partial charge in [-0.1, -0.05) is 251 Å². The molecule has 16 aromatic rings. The van der Waals surface area contributed by atoms with Gasteiger partial charge in [0.15, 0.2) is 11.5 Å². The van der Waals surface area contributed by atoms with E-state index >= 15 is 0 Å². The number of hydrogen-bond acceptors (Lipinski definition) is 5. The van der Waals surface area contributed by atoms with Crippen LogP contribution in [0.3, 0.4) is 0 Å². The second-order valence-corrected chi connectivity index (χ2v) is 33.3. The van der Waals surface area contributed by atoms with E-state index in [9.17, 15) is 0 Å². The summed E-state index contributed by atoms with van der Waals surface area (Å²) in [5.74, 6) is 1.72. The highest BCUT2D eigenvalue weighted by molar-refractivity contribution is 6.11. The van der Waals surface area contributed by atoms with E-state index < -0.39 is 0 Å². The van der Waals surface area contributed by atoms with Gasteiger partial charge in [-0.2, -0.15) is 0 Å². The van der Waals surface area contributed by atoms with Crippen molar-refractivity contribution in [2.45, 2.75) is 96.3 Å². The molecule has 0 radical (unpaired) electrons. The van der Waals surface area contributed by atoms with E-state index in [1.54, 1.807) is 0 Å². The Morgan fingerprint density at radius 3 is 0.852 bits per heavy atom. The van der Waals surface area contributed by atoms with Crippen LogP contribution >= 0.6 is 0 Å². The molecule has 0 N–H and O–H groups in total. The van der Waals surface area contributed by atoms with Crippen molar-refractivity contribution in [3.8, 4) is 33.8 Å². The first kappa shape index (κ1) is 64.0. The van der Waals surface area contributed by atoms with E-state index in [0.29, 0.717) is 0 Å². The average Bonchev–Trinajstić information content (AvgIpc) is 1.40. The average molecular weight is 1390 g/mol. The van der Waals surface area contributed by atoms with Crippen LogP contribution in [0.5, 0.6) is 11.5 Å². The van der Waals surface area contributed by atoms with Crippen molar-refractivity contribution in [3.05, 3.63) is 371 Å². The number of hydrogen-bond donors (Lipinski definition) is 0. The Kier molecular flexibility index (Phi) is 13.5. The lowest BCUT2D eigenvalue weighted by molar-refractivity contribution is 0.477. The van der Waals surface area contributed by atoms with E-state index in [0.717, 1.165) is 28.6 Å². The van der Waals surface area contributed by atoms with Crippen molar-refractivity contribution in [2.24, 2.45) is 0 Å². The lowest BCUT2D eigenvalue weighted by Crippen LogP contribution is -2.31. The molecule has 0 atom stereocenters. The van der Waals surface area contributed by atoms with E-state index in [4.69, 9.17) is 4.74 Å². The largest absolute Gasteiger partial charge is 0.453 e. The summed E-state index contributed by atoms with van der Waals surface area (Å²) in [4.78, 5) is 9.79. The topological polar surface area (TPSA) is 22.2 Å². The third-order valence-electron chi connectivity index (χ3n) is 25.5. The molecular formula is C103H82N4O. The maximum absolute atomic E-state index is 6.29. The number of nitrogens with zero attached hydrogens (tertiary/aromatic N) is 4. The van der Waals surface area contributed by atoms with Crippen LogP contribution in [-0.2, 0) is 27.1 Å². The predicted octanol–water partition coefficient (Wildman–Crippen LogP) is 28.5. The maximum Gasteiger partial charge on any atom is 0.151 e. The fourth-order valence-corrected chi connectivity index (χ4v) is 19.8. The Morgan fingerprint density at radius 1 is 0.185 bits per heavy atom. The van der Waals surface area contributed by atoms with E-state index in [1.807, 2.05) is 24.3 Å². The number of rotatable bonds is 4. The Bertz CT molecular complexity index is 6470. The monoisotopic (exact) mass is 1390 g/mol. The number of ether oxygens (including phenoxy) is 1. The van der Waals surface area contributed by atoms with Gasteiger partial charge < -0.3 is 24.3 Å². The first-order chi connectivity index (χ1) is 52.3. The normalized spacial score (nSPS) is 16.1. The van der Waals surface area contributed by atoms with Crippen molar-refractivity contribution >= 4 is 111 Å². The molecule has 0 fully saturated rings. The van der Waals surface area contributed by atoms with Crippen LogP contribution in [0.2, 0.25) is 0 Å². The van der Waals surface area contributed by atoms with Gasteiger partial charge in [-0.25, -0.2) is 0 Å². The van der Waals surface area contributed by atoms with Gasteiger partial charge in [0.05, 0.1) is 45.5 Å². The molecular weight excluding hydrogens is 1310 g/mol. The van der Waals surface area contributed by atoms with Crippen LogP contribution in [0, 0.1) is 0 Å². The Morgan fingerprint density at radius 2 is 0.463 bits per heavy atom. The molecule has 0 saturated carbocycles. The van der Waals surface area contributed by atoms with E-state index in [1.165, 1.54) is 172 Å². The van der Waals surface area contributed by atoms with Gasteiger partial charge in [-0.15, -0.1) is 0 Å². The Labute approximate surface area is 632 Å². The number of fused-ring (bicyclic) bond motifs is 19. The van der Waals surface area contributed by atoms with Crippen LogP contribution < -0.4 is 24.3 Å². The summed E-state index contributed by atoms with van der Waals surface area (Å²) in [6.45, 7) is 23.8. The second-order valence-electron chi connectivity index (χ2n) is 33.3. The molecule has 2 aliphatic carbocycles. The zero-order valence-electron chi connectivity index (χ0n) is 62.7. The quantitative estimate of drug-likeness (QED) is 0.129. The predicted molar refractivity (Wildman–Crippen MR) is 453 cm³/mol. The number of benzene rings is 16. The van der Waals surface area contributed by atoms with Gasteiger partial charge in [-0.3, -0.25) is 0 Å². The summed E-state index contributed by atoms with van der Waals surface area (Å²) in [6.07, 6.45) is 0. The van der Waals surface area contributed by atoms with Gasteiger partial charge in [0.2, 0.25) is 0 Å². The standard InChI is InChI=1S/C53H44N2.C50H38N2O/c1-51(2)41-16-8-7-15-39(41)40-31-46-50(32-45(40)51)55(49-22-14-11-19-44(49)53(46,5)6)38-26-24-34-27-35-29-37(25-23-33(35)28-36(34)30-38)54-47-20-12-9-17-42(47)52(3,4)43-18-10-13-21-48(43)54;1-49(2)39-14-6-5-13-37(39)38-29-42-46(30-41(38)49)51(43-16-8-7-15-40(43)50(42,3)4)33-23-25-35-31(27-33)21-22-32-28-34(24-26-36(32)35)52-44-17-9-11-19-47(44)53-48-20-12-10-18-45(48)52/h7-32H,1-6H3;5-30H,1-4H3. The van der Waals surface area contributed by atoms with Gasteiger partial charge in [0, 0.05) is 49.8 Å². The molecule has 0 aromatic heterocycles. The van der Waals surface area contributed by atoms with E-state index in [2.05, 4.69) is 380 Å². The van der Waals surface area contributed by atoms with Crippen molar-refractivity contribution in [2.75, 3.05) is 19.6 Å². The summed E-state index contributed by atoms with van der Waals surface area (Å²) < 4.78 is 6.29. The molecule has 16 aromatic carbocycles. The third kappa shape index (κ3) is 9.11. The molecule has 22 rings (SSSR count). The molecule has 0 bridgehead atoms. The fraction of sp³-hybridized carbons (Fsp3) is 0.146. The minimum absolute atomic E-state index is 0.0799. The van der Waals surface area contributed by atoms with Crippen LogP contribution in [0.15, 0.2) is 315 Å². The summed E-state index contributed by atoms with van der Waals surface area (Å²) in [5, 5.41) is 9.88. The molecule has 0 unspecified atom stereocenters. The Hall–Kier alpha value is -12.4. The van der Waals surface area contributed by atoms with Crippen LogP contribution in [-0.4, -0.2) is 0 Å². The maximum atomic E-state index is 6.29. The smallest absolute Gasteiger partial charge is 0.151 e. The van der Waals surface area contributed by atoms with Crippen molar-refractivity contribution in [3.63, 3.8) is 0 Å². The van der Waals surface area contributed by atoms with Crippen molar-refractivity contribution in [1.82, 2.24) is 0 Å². The minimum Gasteiger partial charge on any atom is -0.453 e. The number of para-hydroxylation sites is 8. The molecule has 520 valence electrons. The second kappa shape index (κ2) is 22.8. The number of anilines is 12. The first-order valence-corrected chi connectivity index (χ1v) is 38.3. The van der Waals surface area contributed by atoms with Gasteiger partial charge in [0.1, 0.15) is 0 Å². The van der Waals surface area contributed by atoms with Crippen LogP contribution in [0.25, 0.3) is 65.3 Å². The molecule has 0 spiro atoms. The molecule has 0 saturated heterocycles. The summed E-state index contributed by atoms with van der Waals surface area (Å²) in [7, 11) is 0. The molecule has 6 aliphatic rings. The lowest BCUT2D eigenvalue weighted by Gasteiger charge is -2.43. The molecule has 5 nitrogen and oxygen atoms in total. The van der Waals surface area contributed by atoms with E-state index in [-0.39, 0.29) is 27.1 Å². The zero-order chi connectivity index (χ0) is 73.1. The fourth-order valence-electron chi connectivity index (χ4n) is 19.8. The molecule has 108 heavy (non-hydrogen) atoms. The minimum atomic E-state index is -0.161. The molecule has 4 aliphatic heterocycles.